The minimum absolute atomic E-state index is 0. The van der Waals surface area contributed by atoms with Crippen molar-refractivity contribution < 1.29 is 36.9 Å². The Bertz CT molecular complexity index is 3970. The summed E-state index contributed by atoms with van der Waals surface area (Å²) in [4.78, 5) is 19.0. The molecule has 0 unspecified atom stereocenters. The van der Waals surface area contributed by atoms with E-state index in [0.29, 0.717) is 50.3 Å². The molecule has 11 rings (SSSR count). The van der Waals surface area contributed by atoms with Gasteiger partial charge in [0, 0.05) is 71.6 Å². The molecule has 1 radical (unpaired) electrons. The van der Waals surface area contributed by atoms with Crippen LogP contribution in [0.3, 0.4) is 0 Å². The van der Waals surface area contributed by atoms with Crippen LogP contribution in [0.2, 0.25) is 0 Å². The van der Waals surface area contributed by atoms with Crippen LogP contribution in [0, 0.1) is 32.7 Å². The molecule has 7 heteroatoms. The van der Waals surface area contributed by atoms with Gasteiger partial charge in [0.15, 0.2) is 0 Å². The number of fused-ring (bicyclic) bond motifs is 7. The van der Waals surface area contributed by atoms with Crippen LogP contribution in [-0.2, 0) is 25.5 Å². The second-order valence-electron chi connectivity index (χ2n) is 18.7. The van der Waals surface area contributed by atoms with Crippen molar-refractivity contribution in [3.05, 3.63) is 185 Å². The summed E-state index contributed by atoms with van der Waals surface area (Å²) in [5.74, 6) is 1.01. The number of aromatic nitrogens is 5. The molecule has 0 aliphatic carbocycles. The number of pyridine rings is 1. The van der Waals surface area contributed by atoms with Crippen LogP contribution < -0.4 is 0 Å². The van der Waals surface area contributed by atoms with Gasteiger partial charge in [0.2, 0.25) is 5.71 Å². The van der Waals surface area contributed by atoms with Crippen LogP contribution in [0.15, 0.2) is 144 Å². The molecule has 0 spiro atoms. The Labute approximate surface area is 425 Å². The van der Waals surface area contributed by atoms with Crippen LogP contribution in [0.4, 0.5) is 0 Å². The van der Waals surface area contributed by atoms with Crippen LogP contribution in [0.5, 0.6) is 0 Å². The van der Waals surface area contributed by atoms with E-state index >= 15 is 0 Å². The van der Waals surface area contributed by atoms with Gasteiger partial charge in [0.05, 0.1) is 33.8 Å². The molecule has 6 nitrogen and oxygen atoms in total. The Balaban J connectivity index is 0.000000290. The van der Waals surface area contributed by atoms with Gasteiger partial charge in [-0.05, 0) is 82.2 Å². The Hall–Kier alpha value is -6.79. The summed E-state index contributed by atoms with van der Waals surface area (Å²) in [6.07, 6.45) is 1.72. The molecule has 68 heavy (non-hydrogen) atoms. The molecule has 4 heterocycles. The van der Waals surface area contributed by atoms with Crippen molar-refractivity contribution in [2.24, 2.45) is 0 Å². The van der Waals surface area contributed by atoms with Crippen molar-refractivity contribution in [1.29, 1.82) is 0 Å². The summed E-state index contributed by atoms with van der Waals surface area (Å²) in [5.41, 5.74) is 9.72. The van der Waals surface area contributed by atoms with E-state index in [1.165, 1.54) is 12.1 Å². The van der Waals surface area contributed by atoms with E-state index in [1.807, 2.05) is 77.4 Å². The van der Waals surface area contributed by atoms with Crippen molar-refractivity contribution in [2.75, 3.05) is 0 Å². The Morgan fingerprint density at radius 3 is 2.12 bits per heavy atom. The van der Waals surface area contributed by atoms with Gasteiger partial charge in [-0.1, -0.05) is 152 Å². The molecule has 0 saturated carbocycles. The van der Waals surface area contributed by atoms with Crippen LogP contribution in [0.25, 0.3) is 94.4 Å². The molecule has 341 valence electrons. The van der Waals surface area contributed by atoms with Gasteiger partial charge in [-0.2, -0.15) is 0 Å². The predicted molar refractivity (Wildman–Crippen MR) is 278 cm³/mol. The molecular weight excluding hydrogens is 1010 g/mol. The molecule has 11 aromatic rings. The Morgan fingerprint density at radius 1 is 0.662 bits per heavy atom. The van der Waals surface area contributed by atoms with E-state index in [2.05, 4.69) is 94.8 Å². The maximum atomic E-state index is 8.68. The number of para-hydroxylation sites is 1. The number of hydrogen-bond donors (Lipinski definition) is 0. The number of hydrogen-bond acceptors (Lipinski definition) is 5. The van der Waals surface area contributed by atoms with Gasteiger partial charge < -0.3 is 8.98 Å². The summed E-state index contributed by atoms with van der Waals surface area (Å²) < 4.78 is 82.5. The van der Waals surface area contributed by atoms with Crippen molar-refractivity contribution in [3.8, 4) is 39.6 Å². The van der Waals surface area contributed by atoms with Crippen LogP contribution in [-0.4, -0.2) is 24.5 Å². The predicted octanol–water partition coefficient (Wildman–Crippen LogP) is 16.2. The van der Waals surface area contributed by atoms with Gasteiger partial charge in [0.25, 0.3) is 0 Å². The molecule has 0 amide bonds. The molecule has 0 bridgehead atoms. The third kappa shape index (κ3) is 8.44. The minimum Gasteiger partial charge on any atom is -0.486 e. The molecule has 0 fully saturated rings. The van der Waals surface area contributed by atoms with Crippen molar-refractivity contribution in [3.63, 3.8) is 0 Å². The molecule has 0 aliphatic heterocycles. The summed E-state index contributed by atoms with van der Waals surface area (Å²) in [7, 11) is 0. The first kappa shape index (κ1) is 36.3. The smallest absolute Gasteiger partial charge is 0.216 e. The molecule has 7 aromatic carbocycles. The number of benzene rings is 7. The zero-order chi connectivity index (χ0) is 54.2. The zero-order valence-corrected chi connectivity index (χ0v) is 41.3. The number of rotatable bonds is 6. The van der Waals surface area contributed by atoms with Gasteiger partial charge in [-0.25, -0.2) is 4.98 Å². The average molecular weight is 1080 g/mol. The number of aryl methyl sites for hydroxylation is 3. The minimum atomic E-state index is -2.50. The van der Waals surface area contributed by atoms with E-state index in [4.69, 9.17) is 26.7 Å². The maximum absolute atomic E-state index is 8.68. The van der Waals surface area contributed by atoms with E-state index in [9.17, 15) is 0 Å². The largest absolute Gasteiger partial charge is 0.486 e. The first-order valence-electron chi connectivity index (χ1n) is 27.1. The number of nitrogens with zero attached hydrogens (tertiary/aromatic N) is 5. The second-order valence-corrected chi connectivity index (χ2v) is 18.7. The molecule has 0 atom stereocenters. The van der Waals surface area contributed by atoms with Crippen molar-refractivity contribution in [1.82, 2.24) is 24.5 Å². The van der Waals surface area contributed by atoms with Gasteiger partial charge in [-0.15, -0.1) is 53.1 Å². The second kappa shape index (κ2) is 18.4. The first-order chi connectivity index (χ1) is 35.9. The van der Waals surface area contributed by atoms with E-state index in [-0.39, 0.29) is 59.6 Å². The molecular formula is C61H55IrN5O-2. The van der Waals surface area contributed by atoms with Gasteiger partial charge >= 0.3 is 0 Å². The summed E-state index contributed by atoms with van der Waals surface area (Å²) in [6.45, 7) is 7.72. The average Bonchev–Trinajstić information content (AvgIpc) is 4.07. The fraction of sp³-hybridized carbons (Fsp3) is 0.213. The topological polar surface area (TPSA) is 69.6 Å². The number of imidazole rings is 1. The monoisotopic (exact) mass is 1080 g/mol. The van der Waals surface area contributed by atoms with Crippen LogP contribution >= 0.6 is 0 Å². The Kier molecular flexibility index (Phi) is 9.80. The summed E-state index contributed by atoms with van der Waals surface area (Å²) >= 11 is 0. The van der Waals surface area contributed by atoms with Crippen molar-refractivity contribution in [2.45, 2.75) is 86.3 Å². The third-order valence-electron chi connectivity index (χ3n) is 12.3. The summed E-state index contributed by atoms with van der Waals surface area (Å²) in [6, 6.07) is 48.1. The first-order valence-corrected chi connectivity index (χ1v) is 22.6. The van der Waals surface area contributed by atoms with Gasteiger partial charge in [0.1, 0.15) is 0 Å². The Morgan fingerprint density at radius 2 is 1.41 bits per heavy atom. The quantitative estimate of drug-likeness (QED) is 0.123. The zero-order valence-electron chi connectivity index (χ0n) is 47.9. The number of furan rings is 1. The normalized spacial score (nSPS) is 14.3. The SMILES string of the molecule is [2H]C([2H])([2H])c1c[c-]c(-c2nc3cccc(C([2H])([2H])[2H])c3n2-c2c(C(C)C)cc(-c3ccccc3)cc2C(C)C)c2oc3nc4c(ccc5ccccc54)cc3c12.[2H]C([2H])([2H])c1c[c-]c(-c2nccc(C(C)(C)C)n2)cc1.[Ir]. The van der Waals surface area contributed by atoms with Crippen molar-refractivity contribution >= 4 is 54.8 Å². The van der Waals surface area contributed by atoms with Gasteiger partial charge in [-0.3, -0.25) is 15.0 Å². The van der Waals surface area contributed by atoms with E-state index < -0.39 is 20.6 Å². The fourth-order valence-corrected chi connectivity index (χ4v) is 8.91. The van der Waals surface area contributed by atoms with E-state index in [0.717, 1.165) is 55.3 Å². The van der Waals surface area contributed by atoms with E-state index in [1.54, 1.807) is 30.5 Å². The summed E-state index contributed by atoms with van der Waals surface area (Å²) in [5, 5.41) is 3.79. The maximum Gasteiger partial charge on any atom is 0.216 e. The molecule has 0 N–H and O–H groups in total. The molecule has 0 aliphatic rings. The van der Waals surface area contributed by atoms with Crippen LogP contribution in [0.1, 0.15) is 106 Å². The third-order valence-corrected chi connectivity index (χ3v) is 12.3. The fourth-order valence-electron chi connectivity index (χ4n) is 8.91. The standard InChI is InChI=1S/C46H38N3O.C15H17N2.Ir/c1-26(2)36-24-33(30-14-8-7-9-15-30)25-37(27(3)4)43(36)49-42-29(6)13-12-18-39(42)47-45(49)35-22-19-28(5)40-38-23-32-21-20-31-16-10-11-17-34(31)41(32)48-46(38)50-44(35)40;1-11-5-7-12(8-6-11)14-16-10-9-13(17-14)15(2,3)4;/h7-21,23-27H,1-6H3;5-7,9-10H,1-4H3;/q2*-1;/i5D3,6D3;1D3;. The molecule has 4 aromatic heterocycles. The molecule has 0 saturated heterocycles.